The van der Waals surface area contributed by atoms with Gasteiger partial charge in [0.1, 0.15) is 0 Å². The highest BCUT2D eigenvalue weighted by atomic mass is 16.2. The van der Waals surface area contributed by atoms with Crippen molar-refractivity contribution in [2.45, 2.75) is 32.1 Å². The van der Waals surface area contributed by atoms with Crippen LogP contribution in [0, 0.1) is 5.92 Å². The lowest BCUT2D eigenvalue weighted by atomic mass is 9.86. The number of rotatable bonds is 1. The highest BCUT2D eigenvalue weighted by Crippen LogP contribution is 2.34. The van der Waals surface area contributed by atoms with Gasteiger partial charge in [-0.05, 0) is 48.9 Å². The molecule has 0 radical (unpaired) electrons. The van der Waals surface area contributed by atoms with Gasteiger partial charge >= 0.3 is 0 Å². The number of nitrogens with one attached hydrogen (secondary N) is 1. The fourth-order valence-electron chi connectivity index (χ4n) is 3.72. The van der Waals surface area contributed by atoms with Crippen LogP contribution in [0.25, 0.3) is 0 Å². The number of aromatic nitrogens is 2. The van der Waals surface area contributed by atoms with Gasteiger partial charge in [0.25, 0.3) is 0 Å². The molecule has 114 valence electrons. The fraction of sp³-hybridized carbons (Fsp3) is 0.412. The molecule has 0 saturated carbocycles. The van der Waals surface area contributed by atoms with Gasteiger partial charge < -0.3 is 10.6 Å². The first kappa shape index (κ1) is 13.4. The molecule has 1 aromatic carbocycles. The molecule has 2 aliphatic rings. The van der Waals surface area contributed by atoms with Crippen LogP contribution in [0.2, 0.25) is 0 Å². The first-order valence-corrected chi connectivity index (χ1v) is 7.94. The van der Waals surface area contributed by atoms with Crippen LogP contribution in [0.15, 0.2) is 24.4 Å². The number of nitrogen functional groups attached to an aromatic ring is 1. The Labute approximate surface area is 129 Å². The zero-order chi connectivity index (χ0) is 15.1. The molecule has 1 aliphatic heterocycles. The van der Waals surface area contributed by atoms with Crippen LogP contribution in [0.5, 0.6) is 0 Å². The minimum Gasteiger partial charge on any atom is -0.398 e. The average molecular weight is 296 g/mol. The molecule has 5 nitrogen and oxygen atoms in total. The molecule has 2 aromatic rings. The number of hydrogen-bond acceptors (Lipinski definition) is 3. The van der Waals surface area contributed by atoms with Crippen molar-refractivity contribution in [2.75, 3.05) is 17.2 Å². The second kappa shape index (κ2) is 5.16. The predicted molar refractivity (Wildman–Crippen MR) is 85.6 cm³/mol. The van der Waals surface area contributed by atoms with Gasteiger partial charge in [-0.15, -0.1) is 0 Å². The number of nitrogens with zero attached hydrogens (tertiary/aromatic N) is 2. The normalized spacial score (nSPS) is 20.4. The van der Waals surface area contributed by atoms with E-state index in [2.05, 4.69) is 10.2 Å². The number of aryl methyl sites for hydroxylation is 1. The average Bonchev–Trinajstić information content (AvgIpc) is 3.01. The summed E-state index contributed by atoms with van der Waals surface area (Å²) in [5, 5.41) is 7.12. The van der Waals surface area contributed by atoms with Gasteiger partial charge in [-0.1, -0.05) is 6.07 Å². The van der Waals surface area contributed by atoms with Crippen molar-refractivity contribution >= 4 is 17.3 Å². The molecule has 1 amide bonds. The minimum atomic E-state index is 0.0420. The first-order chi connectivity index (χ1) is 10.7. The van der Waals surface area contributed by atoms with E-state index in [1.165, 1.54) is 5.56 Å². The second-order valence-electron chi connectivity index (χ2n) is 6.25. The summed E-state index contributed by atoms with van der Waals surface area (Å²) in [4.78, 5) is 15.0. The Morgan fingerprint density at radius 1 is 1.36 bits per heavy atom. The second-order valence-corrected chi connectivity index (χ2v) is 6.25. The molecule has 0 saturated heterocycles. The molecule has 2 heterocycles. The summed E-state index contributed by atoms with van der Waals surface area (Å²) in [6, 6.07) is 5.88. The van der Waals surface area contributed by atoms with E-state index in [0.29, 0.717) is 0 Å². The number of amides is 1. The lowest BCUT2D eigenvalue weighted by molar-refractivity contribution is -0.122. The standard InChI is InChI=1S/C17H20N4O/c18-14-4-1-5-16-13(14)3-2-8-21(16)17(22)11-6-7-12-10-19-20-15(12)9-11/h1,4-5,10-11H,2-3,6-9,18H2,(H,19,20). The van der Waals surface area contributed by atoms with Crippen LogP contribution in [-0.2, 0) is 24.1 Å². The van der Waals surface area contributed by atoms with Crippen LogP contribution < -0.4 is 10.6 Å². The van der Waals surface area contributed by atoms with Crippen LogP contribution in [0.1, 0.15) is 29.7 Å². The maximum Gasteiger partial charge on any atom is 0.230 e. The van der Waals surface area contributed by atoms with E-state index in [0.717, 1.165) is 61.3 Å². The number of aromatic amines is 1. The van der Waals surface area contributed by atoms with E-state index in [1.54, 1.807) is 0 Å². The molecule has 5 heteroatoms. The molecule has 3 N–H and O–H groups in total. The third kappa shape index (κ3) is 2.08. The molecule has 1 aliphatic carbocycles. The molecule has 1 unspecified atom stereocenters. The highest BCUT2D eigenvalue weighted by molar-refractivity contribution is 5.97. The number of benzene rings is 1. The minimum absolute atomic E-state index is 0.0420. The molecule has 0 spiro atoms. The predicted octanol–water partition coefficient (Wildman–Crippen LogP) is 2.08. The Hall–Kier alpha value is -2.30. The van der Waals surface area contributed by atoms with Gasteiger partial charge in [-0.3, -0.25) is 9.89 Å². The van der Waals surface area contributed by atoms with Gasteiger partial charge in [0.2, 0.25) is 5.91 Å². The SMILES string of the molecule is Nc1cccc2c1CCCN2C(=O)C1CCc2cn[nH]c2C1. The van der Waals surface area contributed by atoms with E-state index >= 15 is 0 Å². The third-order valence-corrected chi connectivity index (χ3v) is 4.92. The van der Waals surface area contributed by atoms with Crippen LogP contribution in [0.4, 0.5) is 11.4 Å². The van der Waals surface area contributed by atoms with Crippen LogP contribution in [0.3, 0.4) is 0 Å². The van der Waals surface area contributed by atoms with E-state index in [-0.39, 0.29) is 11.8 Å². The van der Waals surface area contributed by atoms with E-state index in [4.69, 9.17) is 5.73 Å². The Morgan fingerprint density at radius 3 is 3.18 bits per heavy atom. The Kier molecular flexibility index (Phi) is 3.13. The van der Waals surface area contributed by atoms with Crippen molar-refractivity contribution < 1.29 is 4.79 Å². The van der Waals surface area contributed by atoms with Gasteiger partial charge in [-0.2, -0.15) is 5.10 Å². The van der Waals surface area contributed by atoms with E-state index in [9.17, 15) is 4.79 Å². The van der Waals surface area contributed by atoms with Crippen molar-refractivity contribution in [2.24, 2.45) is 5.92 Å². The van der Waals surface area contributed by atoms with Crippen molar-refractivity contribution in [3.05, 3.63) is 41.2 Å². The molecule has 0 bridgehead atoms. The number of anilines is 2. The van der Waals surface area contributed by atoms with Crippen LogP contribution >= 0.6 is 0 Å². The van der Waals surface area contributed by atoms with Crippen LogP contribution in [-0.4, -0.2) is 22.6 Å². The van der Waals surface area contributed by atoms with Gasteiger partial charge in [0, 0.05) is 36.0 Å². The summed E-state index contributed by atoms with van der Waals surface area (Å²) in [5.74, 6) is 0.270. The smallest absolute Gasteiger partial charge is 0.230 e. The third-order valence-electron chi connectivity index (χ3n) is 4.92. The monoisotopic (exact) mass is 296 g/mol. The van der Waals surface area contributed by atoms with Gasteiger partial charge in [0.15, 0.2) is 0 Å². The summed E-state index contributed by atoms with van der Waals surface area (Å²) in [6.45, 7) is 0.793. The van der Waals surface area contributed by atoms with Crippen molar-refractivity contribution in [1.29, 1.82) is 0 Å². The number of carbonyl (C=O) groups is 1. The summed E-state index contributed by atoms with van der Waals surface area (Å²) in [7, 11) is 0. The Bertz CT molecular complexity index is 721. The number of hydrogen-bond donors (Lipinski definition) is 2. The summed E-state index contributed by atoms with van der Waals surface area (Å²) in [6.07, 6.45) is 6.42. The lowest BCUT2D eigenvalue weighted by Gasteiger charge is -2.34. The number of H-pyrrole nitrogens is 1. The molecule has 1 aromatic heterocycles. The van der Waals surface area contributed by atoms with Gasteiger partial charge in [0.05, 0.1) is 6.20 Å². The Morgan fingerprint density at radius 2 is 2.27 bits per heavy atom. The molecule has 1 atom stereocenters. The molecule has 4 rings (SSSR count). The topological polar surface area (TPSA) is 75.0 Å². The van der Waals surface area contributed by atoms with E-state index in [1.807, 2.05) is 29.3 Å². The first-order valence-electron chi connectivity index (χ1n) is 7.94. The maximum absolute atomic E-state index is 13.0. The fourth-order valence-corrected chi connectivity index (χ4v) is 3.72. The van der Waals surface area contributed by atoms with Gasteiger partial charge in [-0.25, -0.2) is 0 Å². The van der Waals surface area contributed by atoms with Crippen molar-refractivity contribution in [3.63, 3.8) is 0 Å². The Balaban J connectivity index is 1.61. The molecular weight excluding hydrogens is 276 g/mol. The summed E-state index contributed by atoms with van der Waals surface area (Å²) < 4.78 is 0. The lowest BCUT2D eigenvalue weighted by Crippen LogP contribution is -2.41. The maximum atomic E-state index is 13.0. The zero-order valence-electron chi connectivity index (χ0n) is 12.5. The molecular formula is C17H20N4O. The number of nitrogens with two attached hydrogens (primary N) is 1. The van der Waals surface area contributed by atoms with Crippen molar-refractivity contribution in [3.8, 4) is 0 Å². The summed E-state index contributed by atoms with van der Waals surface area (Å²) >= 11 is 0. The summed E-state index contributed by atoms with van der Waals surface area (Å²) in [5.41, 5.74) is 11.4. The number of fused-ring (bicyclic) bond motifs is 2. The molecule has 0 fully saturated rings. The molecule has 22 heavy (non-hydrogen) atoms. The zero-order valence-corrected chi connectivity index (χ0v) is 12.5. The van der Waals surface area contributed by atoms with Crippen molar-refractivity contribution in [1.82, 2.24) is 10.2 Å². The van der Waals surface area contributed by atoms with E-state index < -0.39 is 0 Å². The quantitative estimate of drug-likeness (QED) is 0.791. The number of carbonyl (C=O) groups excluding carboxylic acids is 1. The largest absolute Gasteiger partial charge is 0.398 e. The highest BCUT2D eigenvalue weighted by Gasteiger charge is 2.32.